The first-order chi connectivity index (χ1) is 7.66. The van der Waals surface area contributed by atoms with Crippen molar-refractivity contribution < 1.29 is 9.32 Å². The molecule has 0 atom stereocenters. The Morgan fingerprint density at radius 3 is 3.06 bits per heavy atom. The summed E-state index contributed by atoms with van der Waals surface area (Å²) in [6.45, 7) is 0. The molecule has 2 aromatic heterocycles. The number of pyridine rings is 1. The molecule has 6 nitrogen and oxygen atoms in total. The van der Waals surface area contributed by atoms with Gasteiger partial charge in [-0.3, -0.25) is 4.79 Å². The van der Waals surface area contributed by atoms with E-state index in [-0.39, 0.29) is 16.4 Å². The van der Waals surface area contributed by atoms with E-state index in [2.05, 4.69) is 20.0 Å². The minimum atomic E-state index is -0.421. The molecule has 7 heteroatoms. The smallest absolute Gasteiger partial charge is 0.259 e. The first-order valence-electron chi connectivity index (χ1n) is 4.29. The summed E-state index contributed by atoms with van der Waals surface area (Å²) < 4.78 is 4.57. The van der Waals surface area contributed by atoms with E-state index in [0.29, 0.717) is 5.82 Å². The Morgan fingerprint density at radius 1 is 1.56 bits per heavy atom. The van der Waals surface area contributed by atoms with Crippen LogP contribution in [0, 0.1) is 0 Å². The summed E-state index contributed by atoms with van der Waals surface area (Å²) in [7, 11) is 0. The summed E-state index contributed by atoms with van der Waals surface area (Å²) in [5.41, 5.74) is 6.07. The summed E-state index contributed by atoms with van der Waals surface area (Å²) >= 11 is 5.66. The number of carbonyl (C=O) groups excluding carboxylic acids is 1. The molecule has 0 radical (unpaired) electrons. The number of rotatable bonds is 2. The highest BCUT2D eigenvalue weighted by Gasteiger charge is 2.12. The fraction of sp³-hybridized carbons (Fsp3) is 0. The molecule has 2 rings (SSSR count). The normalized spacial score (nSPS) is 10.1. The van der Waals surface area contributed by atoms with E-state index < -0.39 is 5.91 Å². The van der Waals surface area contributed by atoms with Gasteiger partial charge in [0.1, 0.15) is 11.4 Å². The van der Waals surface area contributed by atoms with Gasteiger partial charge in [-0.1, -0.05) is 16.8 Å². The van der Waals surface area contributed by atoms with Crippen molar-refractivity contribution in [3.8, 4) is 0 Å². The molecular weight excluding hydrogens is 232 g/mol. The standard InChI is InChI=1S/C9H7ClN4O2/c10-7-3-5(6(11)4-12-7)9(15)13-8-1-2-16-14-8/h1-4H,11H2,(H,13,14,15). The van der Waals surface area contributed by atoms with Crippen LogP contribution < -0.4 is 11.1 Å². The number of hydrogen-bond acceptors (Lipinski definition) is 5. The molecule has 2 aromatic rings. The molecule has 0 saturated heterocycles. The van der Waals surface area contributed by atoms with Crippen molar-refractivity contribution in [1.82, 2.24) is 10.1 Å². The van der Waals surface area contributed by atoms with E-state index in [0.717, 1.165) is 0 Å². The van der Waals surface area contributed by atoms with Crippen LogP contribution in [-0.4, -0.2) is 16.0 Å². The Morgan fingerprint density at radius 2 is 2.38 bits per heavy atom. The second kappa shape index (κ2) is 4.19. The highest BCUT2D eigenvalue weighted by Crippen LogP contribution is 2.16. The van der Waals surface area contributed by atoms with Crippen LogP contribution in [0.4, 0.5) is 11.5 Å². The van der Waals surface area contributed by atoms with Crippen molar-refractivity contribution in [1.29, 1.82) is 0 Å². The van der Waals surface area contributed by atoms with Gasteiger partial charge in [0.15, 0.2) is 5.82 Å². The number of halogens is 1. The molecule has 16 heavy (non-hydrogen) atoms. The third-order valence-electron chi connectivity index (χ3n) is 1.83. The van der Waals surface area contributed by atoms with Gasteiger partial charge in [0.2, 0.25) is 0 Å². The van der Waals surface area contributed by atoms with Crippen molar-refractivity contribution >= 4 is 29.0 Å². The second-order valence-corrected chi connectivity index (χ2v) is 3.32. The molecule has 82 valence electrons. The number of nitrogens with zero attached hydrogens (tertiary/aromatic N) is 2. The third-order valence-corrected chi connectivity index (χ3v) is 2.03. The van der Waals surface area contributed by atoms with Gasteiger partial charge in [0.05, 0.1) is 17.4 Å². The van der Waals surface area contributed by atoms with Crippen LogP contribution in [0.1, 0.15) is 10.4 Å². The number of nitrogens with two attached hydrogens (primary N) is 1. The van der Waals surface area contributed by atoms with Gasteiger partial charge in [0, 0.05) is 6.07 Å². The predicted molar refractivity (Wildman–Crippen MR) is 58.1 cm³/mol. The topological polar surface area (TPSA) is 94.0 Å². The summed E-state index contributed by atoms with van der Waals surface area (Å²) in [4.78, 5) is 15.5. The summed E-state index contributed by atoms with van der Waals surface area (Å²) in [6, 6.07) is 2.89. The van der Waals surface area contributed by atoms with Crippen LogP contribution in [-0.2, 0) is 0 Å². The molecule has 0 saturated carbocycles. The number of hydrogen-bond donors (Lipinski definition) is 2. The van der Waals surface area contributed by atoms with E-state index in [9.17, 15) is 4.79 Å². The van der Waals surface area contributed by atoms with Gasteiger partial charge in [-0.15, -0.1) is 0 Å². The zero-order chi connectivity index (χ0) is 11.5. The molecule has 3 N–H and O–H groups in total. The molecule has 0 bridgehead atoms. The van der Waals surface area contributed by atoms with Gasteiger partial charge < -0.3 is 15.6 Å². The summed E-state index contributed by atoms with van der Waals surface area (Å²) in [6.07, 6.45) is 2.67. The maximum absolute atomic E-state index is 11.7. The first kappa shape index (κ1) is 10.4. The number of anilines is 2. The van der Waals surface area contributed by atoms with Gasteiger partial charge in [-0.25, -0.2) is 4.98 Å². The average molecular weight is 239 g/mol. The molecule has 0 aliphatic heterocycles. The highest BCUT2D eigenvalue weighted by molar-refractivity contribution is 6.30. The van der Waals surface area contributed by atoms with Crippen molar-refractivity contribution in [2.24, 2.45) is 0 Å². The largest absolute Gasteiger partial charge is 0.397 e. The molecule has 0 aliphatic carbocycles. The number of carbonyl (C=O) groups is 1. The SMILES string of the molecule is Nc1cnc(Cl)cc1C(=O)Nc1ccon1. The van der Waals surface area contributed by atoms with Gasteiger partial charge in [0.25, 0.3) is 5.91 Å². The van der Waals surface area contributed by atoms with Crippen molar-refractivity contribution in [2.75, 3.05) is 11.1 Å². The van der Waals surface area contributed by atoms with E-state index in [1.54, 1.807) is 0 Å². The Balaban J connectivity index is 2.24. The minimum absolute atomic E-state index is 0.194. The molecule has 2 heterocycles. The second-order valence-electron chi connectivity index (χ2n) is 2.93. The van der Waals surface area contributed by atoms with Crippen LogP contribution in [0.2, 0.25) is 5.15 Å². The monoisotopic (exact) mass is 238 g/mol. The molecule has 0 aromatic carbocycles. The predicted octanol–water partition coefficient (Wildman–Crippen LogP) is 1.56. The van der Waals surface area contributed by atoms with Crippen LogP contribution in [0.5, 0.6) is 0 Å². The van der Waals surface area contributed by atoms with Gasteiger partial charge in [-0.05, 0) is 6.07 Å². The number of aromatic nitrogens is 2. The number of nitrogens with one attached hydrogen (secondary N) is 1. The van der Waals surface area contributed by atoms with E-state index in [1.165, 1.54) is 24.6 Å². The molecule has 0 unspecified atom stereocenters. The van der Waals surface area contributed by atoms with Crippen LogP contribution in [0.15, 0.2) is 29.1 Å². The molecular formula is C9H7ClN4O2. The van der Waals surface area contributed by atoms with Crippen molar-refractivity contribution in [3.63, 3.8) is 0 Å². The highest BCUT2D eigenvalue weighted by atomic mass is 35.5. The minimum Gasteiger partial charge on any atom is -0.397 e. The lowest BCUT2D eigenvalue weighted by molar-refractivity contribution is 0.102. The van der Waals surface area contributed by atoms with Crippen LogP contribution in [0.25, 0.3) is 0 Å². The van der Waals surface area contributed by atoms with Crippen LogP contribution >= 0.6 is 11.6 Å². The number of nitrogen functional groups attached to an aromatic ring is 1. The number of amides is 1. The maximum atomic E-state index is 11.7. The Bertz CT molecular complexity index is 512. The fourth-order valence-corrected chi connectivity index (χ4v) is 1.26. The summed E-state index contributed by atoms with van der Waals surface area (Å²) in [5, 5.41) is 6.23. The Kier molecular flexibility index (Phi) is 2.74. The van der Waals surface area contributed by atoms with Gasteiger partial charge in [-0.2, -0.15) is 0 Å². The van der Waals surface area contributed by atoms with Crippen molar-refractivity contribution in [2.45, 2.75) is 0 Å². The van der Waals surface area contributed by atoms with E-state index in [4.69, 9.17) is 17.3 Å². The molecule has 1 amide bonds. The zero-order valence-electron chi connectivity index (χ0n) is 7.98. The lowest BCUT2D eigenvalue weighted by Gasteiger charge is -2.04. The first-order valence-corrected chi connectivity index (χ1v) is 4.67. The van der Waals surface area contributed by atoms with Gasteiger partial charge >= 0.3 is 0 Å². The lowest BCUT2D eigenvalue weighted by atomic mass is 10.2. The van der Waals surface area contributed by atoms with Crippen LogP contribution in [0.3, 0.4) is 0 Å². The lowest BCUT2D eigenvalue weighted by Crippen LogP contribution is -2.14. The molecule has 0 fully saturated rings. The Labute approximate surface area is 95.4 Å². The maximum Gasteiger partial charge on any atom is 0.259 e. The molecule has 0 spiro atoms. The van der Waals surface area contributed by atoms with E-state index in [1.807, 2.05) is 0 Å². The fourth-order valence-electron chi connectivity index (χ4n) is 1.10. The molecule has 0 aliphatic rings. The van der Waals surface area contributed by atoms with E-state index >= 15 is 0 Å². The quantitative estimate of drug-likeness (QED) is 0.775. The Hall–Kier alpha value is -2.08. The zero-order valence-corrected chi connectivity index (χ0v) is 8.73. The average Bonchev–Trinajstić information content (AvgIpc) is 2.74. The third kappa shape index (κ3) is 2.12. The summed E-state index contributed by atoms with van der Waals surface area (Å²) in [5.74, 6) is -0.118. The van der Waals surface area contributed by atoms with Crippen molar-refractivity contribution in [3.05, 3.63) is 35.3 Å².